The van der Waals surface area contributed by atoms with Crippen molar-refractivity contribution < 1.29 is 4.74 Å². The topological polar surface area (TPSA) is 48.1 Å². The summed E-state index contributed by atoms with van der Waals surface area (Å²) in [7, 11) is 1.67. The summed E-state index contributed by atoms with van der Waals surface area (Å²) in [6.45, 7) is 0.642. The number of methoxy groups -OCH3 is 1. The van der Waals surface area contributed by atoms with Gasteiger partial charge in [-0.1, -0.05) is 30.3 Å². The highest BCUT2D eigenvalue weighted by Crippen LogP contribution is 2.34. The van der Waals surface area contributed by atoms with E-state index in [1.807, 2.05) is 12.1 Å². The average Bonchev–Trinajstić information content (AvgIpc) is 2.55. The number of hydrogen-bond acceptors (Lipinski definition) is 3. The molecular formula is C18H18N2O. The lowest BCUT2D eigenvalue weighted by Gasteiger charge is -2.13. The van der Waals surface area contributed by atoms with Crippen molar-refractivity contribution in [3.05, 3.63) is 60.3 Å². The minimum atomic E-state index is 0.642. The van der Waals surface area contributed by atoms with Gasteiger partial charge in [0.15, 0.2) is 0 Å². The van der Waals surface area contributed by atoms with E-state index >= 15 is 0 Å². The van der Waals surface area contributed by atoms with Gasteiger partial charge in [-0.3, -0.25) is 4.98 Å². The second-order valence-electron chi connectivity index (χ2n) is 4.91. The molecule has 3 rings (SSSR count). The average molecular weight is 278 g/mol. The molecule has 3 nitrogen and oxygen atoms in total. The van der Waals surface area contributed by atoms with Crippen LogP contribution in [0, 0.1) is 0 Å². The number of benzene rings is 2. The van der Waals surface area contributed by atoms with E-state index in [1.54, 1.807) is 13.3 Å². The van der Waals surface area contributed by atoms with E-state index < -0.39 is 0 Å². The van der Waals surface area contributed by atoms with Gasteiger partial charge >= 0.3 is 0 Å². The van der Waals surface area contributed by atoms with Crippen molar-refractivity contribution in [1.29, 1.82) is 0 Å². The predicted molar refractivity (Wildman–Crippen MR) is 86.5 cm³/mol. The number of fused-ring (bicyclic) bond motifs is 1. The Morgan fingerprint density at radius 3 is 2.67 bits per heavy atom. The number of rotatable bonds is 4. The van der Waals surface area contributed by atoms with Gasteiger partial charge in [0.2, 0.25) is 0 Å². The summed E-state index contributed by atoms with van der Waals surface area (Å²) in [6.07, 6.45) is 2.66. The molecule has 0 fully saturated rings. The van der Waals surface area contributed by atoms with Crippen molar-refractivity contribution in [2.45, 2.75) is 6.42 Å². The maximum atomic E-state index is 5.73. The van der Waals surface area contributed by atoms with Gasteiger partial charge in [-0.15, -0.1) is 0 Å². The Labute approximate surface area is 124 Å². The summed E-state index contributed by atoms with van der Waals surface area (Å²) in [6, 6.07) is 16.5. The van der Waals surface area contributed by atoms with Crippen molar-refractivity contribution in [3.63, 3.8) is 0 Å². The molecule has 0 spiro atoms. The van der Waals surface area contributed by atoms with Crippen LogP contribution in [-0.4, -0.2) is 18.6 Å². The number of pyridine rings is 1. The van der Waals surface area contributed by atoms with Crippen LogP contribution in [0.5, 0.6) is 5.75 Å². The minimum absolute atomic E-state index is 0.642. The van der Waals surface area contributed by atoms with Gasteiger partial charge < -0.3 is 10.5 Å². The first kappa shape index (κ1) is 13.6. The van der Waals surface area contributed by atoms with Crippen LogP contribution >= 0.6 is 0 Å². The molecule has 3 aromatic rings. The van der Waals surface area contributed by atoms with E-state index in [4.69, 9.17) is 10.5 Å². The Morgan fingerprint density at radius 1 is 1.00 bits per heavy atom. The third-order valence-corrected chi connectivity index (χ3v) is 3.67. The maximum Gasteiger partial charge on any atom is 0.145 e. The Morgan fingerprint density at radius 2 is 1.86 bits per heavy atom. The van der Waals surface area contributed by atoms with Crippen molar-refractivity contribution in [2.24, 2.45) is 5.73 Å². The number of nitrogens with zero attached hydrogens (tertiary/aromatic N) is 1. The Hall–Kier alpha value is -2.39. The predicted octanol–water partition coefficient (Wildman–Crippen LogP) is 3.41. The van der Waals surface area contributed by atoms with E-state index in [-0.39, 0.29) is 0 Å². The van der Waals surface area contributed by atoms with E-state index in [0.717, 1.165) is 23.1 Å². The fraction of sp³-hybridized carbons (Fsp3) is 0.167. The molecule has 106 valence electrons. The van der Waals surface area contributed by atoms with Gasteiger partial charge in [-0.2, -0.15) is 0 Å². The van der Waals surface area contributed by atoms with Crippen molar-refractivity contribution in [3.8, 4) is 16.9 Å². The van der Waals surface area contributed by atoms with Crippen LogP contribution in [0.2, 0.25) is 0 Å². The van der Waals surface area contributed by atoms with Gasteiger partial charge in [-0.05, 0) is 47.9 Å². The number of aromatic nitrogens is 1. The van der Waals surface area contributed by atoms with Gasteiger partial charge in [-0.25, -0.2) is 0 Å². The Bertz CT molecular complexity index is 768. The second kappa shape index (κ2) is 5.94. The Kier molecular flexibility index (Phi) is 3.84. The van der Waals surface area contributed by atoms with Crippen molar-refractivity contribution in [1.82, 2.24) is 4.98 Å². The van der Waals surface area contributed by atoms with Gasteiger partial charge in [0.1, 0.15) is 11.3 Å². The maximum absolute atomic E-state index is 5.73. The standard InChI is InChI=1S/C18H18N2O/c1-21-17-9-8-15(16-7-4-12-20-18(16)17)14-6-3-2-5-13(14)10-11-19/h2-9,12H,10-11,19H2,1H3. The number of ether oxygens (including phenoxy) is 1. The quantitative estimate of drug-likeness (QED) is 0.795. The summed E-state index contributed by atoms with van der Waals surface area (Å²) >= 11 is 0. The molecule has 0 aliphatic rings. The van der Waals surface area contributed by atoms with E-state index in [2.05, 4.69) is 41.4 Å². The zero-order valence-corrected chi connectivity index (χ0v) is 12.0. The third kappa shape index (κ3) is 2.48. The van der Waals surface area contributed by atoms with Gasteiger partial charge in [0.25, 0.3) is 0 Å². The van der Waals surface area contributed by atoms with Gasteiger partial charge in [0, 0.05) is 11.6 Å². The van der Waals surface area contributed by atoms with E-state index in [1.165, 1.54) is 16.7 Å². The lowest BCUT2D eigenvalue weighted by molar-refractivity contribution is 0.419. The first-order chi connectivity index (χ1) is 10.3. The molecule has 3 heteroatoms. The monoisotopic (exact) mass is 278 g/mol. The van der Waals surface area contributed by atoms with Crippen LogP contribution in [0.25, 0.3) is 22.0 Å². The zero-order valence-electron chi connectivity index (χ0n) is 12.0. The second-order valence-corrected chi connectivity index (χ2v) is 4.91. The first-order valence-electron chi connectivity index (χ1n) is 7.05. The molecule has 0 atom stereocenters. The zero-order chi connectivity index (χ0) is 14.7. The summed E-state index contributed by atoms with van der Waals surface area (Å²) in [4.78, 5) is 4.46. The van der Waals surface area contributed by atoms with E-state index in [0.29, 0.717) is 6.54 Å². The lowest BCUT2D eigenvalue weighted by atomic mass is 9.94. The molecular weight excluding hydrogens is 260 g/mol. The first-order valence-corrected chi connectivity index (χ1v) is 7.05. The van der Waals surface area contributed by atoms with Crippen molar-refractivity contribution >= 4 is 10.9 Å². The third-order valence-electron chi connectivity index (χ3n) is 3.67. The summed E-state index contributed by atoms with van der Waals surface area (Å²) in [5.74, 6) is 0.797. The molecule has 0 unspecified atom stereocenters. The van der Waals surface area contributed by atoms with Crippen LogP contribution in [0.1, 0.15) is 5.56 Å². The minimum Gasteiger partial charge on any atom is -0.494 e. The molecule has 21 heavy (non-hydrogen) atoms. The SMILES string of the molecule is COc1ccc(-c2ccccc2CCN)c2cccnc12. The molecule has 0 radical (unpaired) electrons. The van der Waals surface area contributed by atoms with Crippen LogP contribution in [0.15, 0.2) is 54.7 Å². The largest absolute Gasteiger partial charge is 0.494 e. The normalized spacial score (nSPS) is 10.8. The van der Waals surface area contributed by atoms with Crippen LogP contribution < -0.4 is 10.5 Å². The Balaban J connectivity index is 2.27. The van der Waals surface area contributed by atoms with Crippen LogP contribution in [-0.2, 0) is 6.42 Å². The molecule has 1 aromatic heterocycles. The number of hydrogen-bond donors (Lipinski definition) is 1. The molecule has 0 aliphatic heterocycles. The highest BCUT2D eigenvalue weighted by atomic mass is 16.5. The van der Waals surface area contributed by atoms with Crippen molar-refractivity contribution in [2.75, 3.05) is 13.7 Å². The molecule has 1 heterocycles. The lowest BCUT2D eigenvalue weighted by Crippen LogP contribution is -2.04. The van der Waals surface area contributed by atoms with E-state index in [9.17, 15) is 0 Å². The molecule has 0 amide bonds. The van der Waals surface area contributed by atoms with Crippen LogP contribution in [0.3, 0.4) is 0 Å². The smallest absolute Gasteiger partial charge is 0.145 e. The molecule has 0 saturated heterocycles. The summed E-state index contributed by atoms with van der Waals surface area (Å²) in [5, 5.41) is 1.10. The molecule has 0 aliphatic carbocycles. The molecule has 2 aromatic carbocycles. The number of nitrogens with two attached hydrogens (primary N) is 1. The molecule has 0 saturated carbocycles. The fourth-order valence-corrected chi connectivity index (χ4v) is 2.70. The van der Waals surface area contributed by atoms with Gasteiger partial charge in [0.05, 0.1) is 7.11 Å². The summed E-state index contributed by atoms with van der Waals surface area (Å²) in [5.41, 5.74) is 10.3. The molecule has 0 bridgehead atoms. The van der Waals surface area contributed by atoms with Crippen LogP contribution in [0.4, 0.5) is 0 Å². The highest BCUT2D eigenvalue weighted by Gasteiger charge is 2.11. The fourth-order valence-electron chi connectivity index (χ4n) is 2.70. The molecule has 2 N–H and O–H groups in total. The summed E-state index contributed by atoms with van der Waals surface area (Å²) < 4.78 is 5.41. The highest BCUT2D eigenvalue weighted by molar-refractivity contribution is 5.98.